The van der Waals surface area contributed by atoms with Crippen molar-refractivity contribution in [2.45, 2.75) is 26.2 Å². The summed E-state index contributed by atoms with van der Waals surface area (Å²) in [5.41, 5.74) is 0.948. The molecule has 1 aliphatic heterocycles. The molecule has 1 fully saturated rings. The van der Waals surface area contributed by atoms with Gasteiger partial charge in [-0.2, -0.15) is 0 Å². The van der Waals surface area contributed by atoms with Gasteiger partial charge in [0.15, 0.2) is 0 Å². The zero-order valence-corrected chi connectivity index (χ0v) is 16.7. The first kappa shape index (κ1) is 21.4. The van der Waals surface area contributed by atoms with Gasteiger partial charge >= 0.3 is 17.8 Å². The number of benzene rings is 1. The summed E-state index contributed by atoms with van der Waals surface area (Å²) in [6.07, 6.45) is 1.70. The van der Waals surface area contributed by atoms with Crippen LogP contribution in [0.4, 0.5) is 11.8 Å². The number of nitrogens with zero attached hydrogens (tertiary/aromatic N) is 4. The Morgan fingerprint density at radius 2 is 1.97 bits per heavy atom. The van der Waals surface area contributed by atoms with Gasteiger partial charge in [-0.3, -0.25) is 4.79 Å². The highest BCUT2D eigenvalue weighted by atomic mass is 16.6. The molecule has 30 heavy (non-hydrogen) atoms. The van der Waals surface area contributed by atoms with Gasteiger partial charge in [0.25, 0.3) is 0 Å². The molecule has 1 saturated heterocycles. The minimum absolute atomic E-state index is 0.0501. The van der Waals surface area contributed by atoms with Crippen molar-refractivity contribution in [3.05, 3.63) is 46.0 Å². The van der Waals surface area contributed by atoms with Crippen LogP contribution < -0.4 is 9.64 Å². The molecule has 1 aromatic heterocycles. The lowest BCUT2D eigenvalue weighted by atomic mass is 9.97. The number of nitro groups is 1. The van der Waals surface area contributed by atoms with Crippen molar-refractivity contribution in [1.29, 1.82) is 0 Å². The molecular weight excluding hydrogens is 392 g/mol. The normalized spacial score (nSPS) is 14.4. The minimum Gasteiger partial charge on any atom is -0.466 e. The van der Waals surface area contributed by atoms with Crippen molar-refractivity contribution < 1.29 is 24.3 Å². The SMILES string of the molecule is CCOC(=O)C1CCN(c2cc(Oc3ccc(CCO)cc3)nc([N+](=O)[O-])n2)CC1. The van der Waals surface area contributed by atoms with Crippen LogP contribution in [0, 0.1) is 16.0 Å². The number of aliphatic hydroxyl groups is 1. The summed E-state index contributed by atoms with van der Waals surface area (Å²) in [5, 5.41) is 20.3. The third-order valence-electron chi connectivity index (χ3n) is 4.83. The molecule has 0 amide bonds. The summed E-state index contributed by atoms with van der Waals surface area (Å²) >= 11 is 0. The van der Waals surface area contributed by atoms with Crippen LogP contribution in [0.15, 0.2) is 30.3 Å². The highest BCUT2D eigenvalue weighted by Crippen LogP contribution is 2.29. The second-order valence-corrected chi connectivity index (χ2v) is 6.85. The molecule has 0 saturated carbocycles. The Labute approximate surface area is 173 Å². The molecule has 1 aliphatic rings. The van der Waals surface area contributed by atoms with Crippen molar-refractivity contribution in [1.82, 2.24) is 9.97 Å². The Morgan fingerprint density at radius 3 is 2.57 bits per heavy atom. The standard InChI is InChI=1S/C20H24N4O6/c1-2-29-19(26)15-7-10-23(11-8-15)17-13-18(22-20(21-17)24(27)28)30-16-5-3-14(4-6-16)9-12-25/h3-6,13,15,25H,2,7-12H2,1H3. The molecule has 0 unspecified atom stereocenters. The van der Waals surface area contributed by atoms with E-state index in [2.05, 4.69) is 9.97 Å². The number of hydrogen-bond acceptors (Lipinski definition) is 9. The number of carbonyl (C=O) groups excluding carboxylic acids is 1. The van der Waals surface area contributed by atoms with Gasteiger partial charge in [-0.05, 0) is 58.8 Å². The smallest absolute Gasteiger partial charge is 0.466 e. The number of anilines is 1. The van der Waals surface area contributed by atoms with E-state index in [1.807, 2.05) is 17.0 Å². The van der Waals surface area contributed by atoms with Crippen LogP contribution in [0.2, 0.25) is 0 Å². The van der Waals surface area contributed by atoms with Crippen LogP contribution in [0.1, 0.15) is 25.3 Å². The van der Waals surface area contributed by atoms with Gasteiger partial charge in [-0.15, -0.1) is 0 Å². The highest BCUT2D eigenvalue weighted by Gasteiger charge is 2.29. The maximum atomic E-state index is 11.9. The van der Waals surface area contributed by atoms with Crippen LogP contribution in [0.5, 0.6) is 11.6 Å². The van der Waals surface area contributed by atoms with Crippen LogP contribution in [-0.2, 0) is 16.0 Å². The summed E-state index contributed by atoms with van der Waals surface area (Å²) in [5.74, 6) is -0.0192. The zero-order chi connectivity index (χ0) is 21.5. The Bertz CT molecular complexity index is 881. The largest absolute Gasteiger partial charge is 0.474 e. The molecule has 1 aromatic carbocycles. The predicted molar refractivity (Wildman–Crippen MR) is 108 cm³/mol. The van der Waals surface area contributed by atoms with Crippen LogP contribution >= 0.6 is 0 Å². The maximum absolute atomic E-state index is 11.9. The van der Waals surface area contributed by atoms with Gasteiger partial charge < -0.3 is 29.6 Å². The first-order valence-corrected chi connectivity index (χ1v) is 9.83. The Hall–Kier alpha value is -3.27. The summed E-state index contributed by atoms with van der Waals surface area (Å²) in [7, 11) is 0. The number of piperidine rings is 1. The molecule has 160 valence electrons. The molecule has 1 N–H and O–H groups in total. The minimum atomic E-state index is -0.661. The molecule has 0 aliphatic carbocycles. The lowest BCUT2D eigenvalue weighted by Crippen LogP contribution is -2.37. The van der Waals surface area contributed by atoms with Crippen molar-refractivity contribution in [2.24, 2.45) is 5.92 Å². The zero-order valence-electron chi connectivity index (χ0n) is 16.7. The predicted octanol–water partition coefficient (Wildman–Crippen LogP) is 2.49. The fourth-order valence-electron chi connectivity index (χ4n) is 3.28. The molecule has 3 rings (SSSR count). The lowest BCUT2D eigenvalue weighted by molar-refractivity contribution is -0.394. The number of hydrogen-bond donors (Lipinski definition) is 1. The second-order valence-electron chi connectivity index (χ2n) is 6.85. The molecular formula is C20H24N4O6. The number of aromatic nitrogens is 2. The van der Waals surface area contributed by atoms with E-state index in [9.17, 15) is 14.9 Å². The van der Waals surface area contributed by atoms with E-state index in [1.54, 1.807) is 25.1 Å². The topological polar surface area (TPSA) is 128 Å². The Morgan fingerprint density at radius 1 is 1.27 bits per heavy atom. The van der Waals surface area contributed by atoms with Crippen molar-refractivity contribution >= 4 is 17.7 Å². The van der Waals surface area contributed by atoms with Crippen LogP contribution in [0.25, 0.3) is 0 Å². The lowest BCUT2D eigenvalue weighted by Gasteiger charge is -2.30. The van der Waals surface area contributed by atoms with Crippen LogP contribution in [-0.4, -0.2) is 52.3 Å². The molecule has 10 heteroatoms. The molecule has 0 bridgehead atoms. The van der Waals surface area contributed by atoms with E-state index in [4.69, 9.17) is 14.6 Å². The Kier molecular flexibility index (Phi) is 7.12. The summed E-state index contributed by atoms with van der Waals surface area (Å²) < 4.78 is 10.8. The van der Waals surface area contributed by atoms with Gasteiger partial charge in [0.05, 0.1) is 18.6 Å². The monoisotopic (exact) mass is 416 g/mol. The van der Waals surface area contributed by atoms with E-state index < -0.39 is 10.9 Å². The van der Waals surface area contributed by atoms with Gasteiger partial charge in [0.1, 0.15) is 5.75 Å². The number of carbonyl (C=O) groups is 1. The fraction of sp³-hybridized carbons (Fsp3) is 0.450. The van der Waals surface area contributed by atoms with E-state index in [-0.39, 0.29) is 24.4 Å². The quantitative estimate of drug-likeness (QED) is 0.392. The van der Waals surface area contributed by atoms with Gasteiger partial charge in [0.2, 0.25) is 5.82 Å². The second kappa shape index (κ2) is 9.97. The summed E-state index contributed by atoms with van der Waals surface area (Å²) in [4.78, 5) is 32.3. The molecule has 0 spiro atoms. The fourth-order valence-corrected chi connectivity index (χ4v) is 3.28. The average Bonchev–Trinajstić information content (AvgIpc) is 2.75. The average molecular weight is 416 g/mol. The third-order valence-corrected chi connectivity index (χ3v) is 4.83. The van der Waals surface area contributed by atoms with Crippen molar-refractivity contribution in [3.8, 4) is 11.6 Å². The number of aliphatic hydroxyl groups excluding tert-OH is 1. The molecule has 0 radical (unpaired) electrons. The number of esters is 1. The third kappa shape index (κ3) is 5.41. The summed E-state index contributed by atoms with van der Waals surface area (Å²) in [6, 6.07) is 8.59. The maximum Gasteiger partial charge on any atom is 0.474 e. The molecule has 0 atom stereocenters. The molecule has 2 heterocycles. The first-order valence-electron chi connectivity index (χ1n) is 9.83. The van der Waals surface area contributed by atoms with E-state index in [0.29, 0.717) is 50.5 Å². The first-order chi connectivity index (χ1) is 14.5. The van der Waals surface area contributed by atoms with Gasteiger partial charge in [-0.25, -0.2) is 0 Å². The van der Waals surface area contributed by atoms with E-state index in [0.717, 1.165) is 5.56 Å². The van der Waals surface area contributed by atoms with Crippen molar-refractivity contribution in [3.63, 3.8) is 0 Å². The molecule has 10 nitrogen and oxygen atoms in total. The summed E-state index contributed by atoms with van der Waals surface area (Å²) in [6.45, 7) is 3.21. The van der Waals surface area contributed by atoms with Gasteiger partial charge in [-0.1, -0.05) is 12.1 Å². The molecule has 2 aromatic rings. The van der Waals surface area contributed by atoms with Crippen molar-refractivity contribution in [2.75, 3.05) is 31.2 Å². The number of rotatable bonds is 8. The number of ether oxygens (including phenoxy) is 2. The highest BCUT2D eigenvalue weighted by molar-refractivity contribution is 5.72. The van der Waals surface area contributed by atoms with Crippen LogP contribution in [0.3, 0.4) is 0 Å². The van der Waals surface area contributed by atoms with Gasteiger partial charge in [0, 0.05) is 19.7 Å². The Balaban J connectivity index is 1.75. The van der Waals surface area contributed by atoms with E-state index >= 15 is 0 Å². The van der Waals surface area contributed by atoms with E-state index in [1.165, 1.54) is 0 Å².